The normalized spacial score (nSPS) is 11.1. The molecule has 0 aliphatic heterocycles. The highest BCUT2D eigenvalue weighted by molar-refractivity contribution is 5.77. The van der Waals surface area contributed by atoms with Crippen LogP contribution >= 0.6 is 0 Å². The molecule has 4 heteroatoms. The average Bonchev–Trinajstić information content (AvgIpc) is 2.18. The molecule has 0 saturated heterocycles. The predicted octanol–water partition coefficient (Wildman–Crippen LogP) is 2.29. The van der Waals surface area contributed by atoms with E-state index in [0.29, 0.717) is 18.7 Å². The van der Waals surface area contributed by atoms with Crippen molar-refractivity contribution in [1.82, 2.24) is 5.32 Å². The number of nitrogen functional groups attached to an aromatic ring is 1. The molecular formula is C14H23N3O. The summed E-state index contributed by atoms with van der Waals surface area (Å²) in [5.41, 5.74) is 8.42. The highest BCUT2D eigenvalue weighted by Gasteiger charge is 2.13. The van der Waals surface area contributed by atoms with Crippen molar-refractivity contribution in [3.8, 4) is 0 Å². The molecule has 18 heavy (non-hydrogen) atoms. The average molecular weight is 249 g/mol. The molecule has 0 saturated carbocycles. The molecule has 0 aromatic heterocycles. The molecule has 0 radical (unpaired) electrons. The summed E-state index contributed by atoms with van der Waals surface area (Å²) in [5, 5.41) is 6.09. The van der Waals surface area contributed by atoms with E-state index in [1.54, 1.807) is 0 Å². The molecule has 1 amide bonds. The first-order valence-electron chi connectivity index (χ1n) is 6.19. The number of rotatable bonds is 4. The van der Waals surface area contributed by atoms with Crippen LogP contribution in [-0.2, 0) is 4.79 Å². The number of hydrogen-bond donors (Lipinski definition) is 3. The number of carbonyl (C=O) groups excluding carboxylic acids is 1. The van der Waals surface area contributed by atoms with Crippen molar-refractivity contribution >= 4 is 17.3 Å². The van der Waals surface area contributed by atoms with Crippen LogP contribution in [0, 0.1) is 6.92 Å². The van der Waals surface area contributed by atoms with Gasteiger partial charge in [-0.3, -0.25) is 4.79 Å². The highest BCUT2D eigenvalue weighted by atomic mass is 16.1. The molecule has 0 aliphatic rings. The number of aryl methyl sites for hydroxylation is 1. The first-order valence-corrected chi connectivity index (χ1v) is 6.19. The van der Waals surface area contributed by atoms with E-state index in [2.05, 4.69) is 10.6 Å². The van der Waals surface area contributed by atoms with Crippen LogP contribution in [0.4, 0.5) is 11.4 Å². The summed E-state index contributed by atoms with van der Waals surface area (Å²) in [6.45, 7) is 8.48. The Bertz CT molecular complexity index is 422. The molecular weight excluding hydrogens is 226 g/mol. The molecule has 0 fully saturated rings. The summed E-state index contributed by atoms with van der Waals surface area (Å²) in [6.07, 6.45) is 0.435. The monoisotopic (exact) mass is 249 g/mol. The van der Waals surface area contributed by atoms with Crippen LogP contribution in [0.2, 0.25) is 0 Å². The zero-order valence-corrected chi connectivity index (χ0v) is 11.6. The van der Waals surface area contributed by atoms with Gasteiger partial charge in [0.2, 0.25) is 5.91 Å². The summed E-state index contributed by atoms with van der Waals surface area (Å²) in [7, 11) is 0. The van der Waals surface area contributed by atoms with Crippen molar-refractivity contribution in [3.05, 3.63) is 23.8 Å². The second kappa shape index (κ2) is 5.76. The van der Waals surface area contributed by atoms with E-state index in [4.69, 9.17) is 5.73 Å². The lowest BCUT2D eigenvalue weighted by Gasteiger charge is -2.20. The summed E-state index contributed by atoms with van der Waals surface area (Å²) in [6, 6.07) is 5.85. The fourth-order valence-corrected chi connectivity index (χ4v) is 1.63. The minimum Gasteiger partial charge on any atom is -0.397 e. The molecule has 0 atom stereocenters. The predicted molar refractivity (Wildman–Crippen MR) is 76.6 cm³/mol. The SMILES string of the molecule is Cc1ccc(NCCC(=O)NC(C)(C)C)c(N)c1. The summed E-state index contributed by atoms with van der Waals surface area (Å²) >= 11 is 0. The van der Waals surface area contributed by atoms with Gasteiger partial charge in [-0.25, -0.2) is 0 Å². The second-order valence-electron chi connectivity index (χ2n) is 5.57. The first-order chi connectivity index (χ1) is 8.28. The number of benzene rings is 1. The zero-order chi connectivity index (χ0) is 13.8. The van der Waals surface area contributed by atoms with Crippen LogP contribution < -0.4 is 16.4 Å². The van der Waals surface area contributed by atoms with Gasteiger partial charge in [-0.05, 0) is 45.4 Å². The Hall–Kier alpha value is -1.71. The summed E-state index contributed by atoms with van der Waals surface area (Å²) < 4.78 is 0. The Morgan fingerprint density at radius 1 is 1.33 bits per heavy atom. The smallest absolute Gasteiger partial charge is 0.222 e. The van der Waals surface area contributed by atoms with Gasteiger partial charge in [0.25, 0.3) is 0 Å². The maximum Gasteiger partial charge on any atom is 0.222 e. The molecule has 1 rings (SSSR count). The highest BCUT2D eigenvalue weighted by Crippen LogP contribution is 2.19. The van der Waals surface area contributed by atoms with Crippen LogP contribution in [0.15, 0.2) is 18.2 Å². The molecule has 0 heterocycles. The van der Waals surface area contributed by atoms with Gasteiger partial charge in [0.15, 0.2) is 0 Å². The van der Waals surface area contributed by atoms with Crippen molar-refractivity contribution in [1.29, 1.82) is 0 Å². The number of nitrogens with one attached hydrogen (secondary N) is 2. The number of hydrogen-bond acceptors (Lipinski definition) is 3. The zero-order valence-electron chi connectivity index (χ0n) is 11.6. The summed E-state index contributed by atoms with van der Waals surface area (Å²) in [5.74, 6) is 0.0423. The third kappa shape index (κ3) is 5.08. The van der Waals surface area contributed by atoms with Gasteiger partial charge in [-0.15, -0.1) is 0 Å². The maximum absolute atomic E-state index is 11.6. The second-order valence-corrected chi connectivity index (χ2v) is 5.57. The van der Waals surface area contributed by atoms with Crippen LogP contribution in [0.1, 0.15) is 32.8 Å². The number of anilines is 2. The maximum atomic E-state index is 11.6. The van der Waals surface area contributed by atoms with Crippen LogP contribution in [0.3, 0.4) is 0 Å². The van der Waals surface area contributed by atoms with E-state index < -0.39 is 0 Å². The molecule has 100 valence electrons. The lowest BCUT2D eigenvalue weighted by molar-refractivity contribution is -0.122. The summed E-state index contributed by atoms with van der Waals surface area (Å²) in [4.78, 5) is 11.6. The van der Waals surface area contributed by atoms with E-state index in [0.717, 1.165) is 11.3 Å². The Balaban J connectivity index is 2.40. The third-order valence-electron chi connectivity index (χ3n) is 2.39. The fourth-order valence-electron chi connectivity index (χ4n) is 1.63. The Labute approximate surface area is 109 Å². The quantitative estimate of drug-likeness (QED) is 0.717. The Morgan fingerprint density at radius 3 is 2.56 bits per heavy atom. The Kier molecular flexibility index (Phi) is 4.59. The third-order valence-corrected chi connectivity index (χ3v) is 2.39. The Morgan fingerprint density at radius 2 is 2.00 bits per heavy atom. The van der Waals surface area contributed by atoms with E-state index >= 15 is 0 Å². The molecule has 1 aromatic carbocycles. The van der Waals surface area contributed by atoms with Crippen molar-refractivity contribution in [2.45, 2.75) is 39.7 Å². The molecule has 0 aliphatic carbocycles. The standard InChI is InChI=1S/C14H23N3O/c1-10-5-6-12(11(15)9-10)16-8-7-13(18)17-14(2,3)4/h5-6,9,16H,7-8,15H2,1-4H3,(H,17,18). The molecule has 0 spiro atoms. The molecule has 1 aromatic rings. The van der Waals surface area contributed by atoms with Gasteiger partial charge >= 0.3 is 0 Å². The molecule has 4 N–H and O–H groups in total. The van der Waals surface area contributed by atoms with E-state index in [9.17, 15) is 4.79 Å². The molecule has 0 unspecified atom stereocenters. The van der Waals surface area contributed by atoms with E-state index in [1.165, 1.54) is 0 Å². The van der Waals surface area contributed by atoms with Crippen LogP contribution in [0.25, 0.3) is 0 Å². The van der Waals surface area contributed by atoms with Gasteiger partial charge in [0.1, 0.15) is 0 Å². The lowest BCUT2D eigenvalue weighted by Crippen LogP contribution is -2.41. The number of nitrogens with two attached hydrogens (primary N) is 1. The number of amides is 1. The van der Waals surface area contributed by atoms with Crippen molar-refractivity contribution in [3.63, 3.8) is 0 Å². The topological polar surface area (TPSA) is 67.2 Å². The lowest BCUT2D eigenvalue weighted by atomic mass is 10.1. The van der Waals surface area contributed by atoms with Gasteiger partial charge in [-0.1, -0.05) is 6.07 Å². The van der Waals surface area contributed by atoms with E-state index in [-0.39, 0.29) is 11.4 Å². The van der Waals surface area contributed by atoms with Crippen molar-refractivity contribution in [2.75, 3.05) is 17.6 Å². The largest absolute Gasteiger partial charge is 0.397 e. The first kappa shape index (κ1) is 14.4. The van der Waals surface area contributed by atoms with Crippen molar-refractivity contribution in [2.24, 2.45) is 0 Å². The van der Waals surface area contributed by atoms with Gasteiger partial charge in [0.05, 0.1) is 11.4 Å². The molecule has 0 bridgehead atoms. The van der Waals surface area contributed by atoms with E-state index in [1.807, 2.05) is 45.9 Å². The minimum atomic E-state index is -0.181. The minimum absolute atomic E-state index is 0.0423. The fraction of sp³-hybridized carbons (Fsp3) is 0.500. The van der Waals surface area contributed by atoms with Gasteiger partial charge in [0, 0.05) is 18.5 Å². The molecule has 4 nitrogen and oxygen atoms in total. The number of carbonyl (C=O) groups is 1. The van der Waals surface area contributed by atoms with Gasteiger partial charge < -0.3 is 16.4 Å². The van der Waals surface area contributed by atoms with Crippen molar-refractivity contribution < 1.29 is 4.79 Å². The van der Waals surface area contributed by atoms with Crippen LogP contribution in [0.5, 0.6) is 0 Å². The van der Waals surface area contributed by atoms with Gasteiger partial charge in [-0.2, -0.15) is 0 Å². The van der Waals surface area contributed by atoms with Crippen LogP contribution in [-0.4, -0.2) is 18.0 Å².